The number of rotatable bonds is 5. The second-order valence-electron chi connectivity index (χ2n) is 9.30. The Kier molecular flexibility index (Phi) is 5.88. The molecule has 1 amide bonds. The van der Waals surface area contributed by atoms with E-state index in [0.717, 1.165) is 94.0 Å². The number of pyridine rings is 1. The summed E-state index contributed by atoms with van der Waals surface area (Å²) in [5.41, 5.74) is 3.48. The Morgan fingerprint density at radius 1 is 1.06 bits per heavy atom. The third kappa shape index (κ3) is 4.17. The van der Waals surface area contributed by atoms with Crippen molar-refractivity contribution in [1.82, 2.24) is 19.9 Å². The normalized spacial score (nSPS) is 21.5. The summed E-state index contributed by atoms with van der Waals surface area (Å²) in [7, 11) is 0. The summed E-state index contributed by atoms with van der Waals surface area (Å²) in [5, 5.41) is 0. The molecule has 2 fully saturated rings. The zero-order valence-corrected chi connectivity index (χ0v) is 18.6. The topological polar surface area (TPSA) is 62.2 Å². The summed E-state index contributed by atoms with van der Waals surface area (Å²) in [4.78, 5) is 32.2. The zero-order valence-electron chi connectivity index (χ0n) is 18.6. The molecule has 3 aliphatic rings. The van der Waals surface area contributed by atoms with Crippen LogP contribution in [0.15, 0.2) is 24.4 Å². The summed E-state index contributed by atoms with van der Waals surface area (Å²) in [6.45, 7) is 4.90. The summed E-state index contributed by atoms with van der Waals surface area (Å²) in [6.07, 6.45) is 11.4. The minimum Gasteiger partial charge on any atom is -0.356 e. The van der Waals surface area contributed by atoms with Crippen LogP contribution in [0.4, 0.5) is 5.82 Å². The molecule has 1 saturated heterocycles. The molecule has 0 unspecified atom stereocenters. The highest BCUT2D eigenvalue weighted by Gasteiger charge is 2.37. The number of piperidine rings is 1. The Morgan fingerprint density at radius 3 is 2.74 bits per heavy atom. The Labute approximate surface area is 185 Å². The monoisotopic (exact) mass is 419 g/mol. The summed E-state index contributed by atoms with van der Waals surface area (Å²) in [6, 6.07) is 6.13. The van der Waals surface area contributed by atoms with E-state index in [0.29, 0.717) is 5.91 Å². The van der Waals surface area contributed by atoms with Gasteiger partial charge in [0.15, 0.2) is 5.82 Å². The molecule has 0 spiro atoms. The van der Waals surface area contributed by atoms with Crippen molar-refractivity contribution in [2.45, 2.75) is 70.8 Å². The SMILES string of the molecule is Cc1nc([C@@H]2CCCCN2C(=O)C2CCC2)nc2c1CCCN2CCc1ccccn1. The highest BCUT2D eigenvalue weighted by Crippen LogP contribution is 2.37. The third-order valence-electron chi connectivity index (χ3n) is 7.27. The molecule has 4 heterocycles. The Hall–Kier alpha value is -2.50. The van der Waals surface area contributed by atoms with Crippen LogP contribution in [0, 0.1) is 12.8 Å². The van der Waals surface area contributed by atoms with Gasteiger partial charge in [-0.3, -0.25) is 9.78 Å². The molecule has 31 heavy (non-hydrogen) atoms. The van der Waals surface area contributed by atoms with Crippen LogP contribution in [0.2, 0.25) is 0 Å². The van der Waals surface area contributed by atoms with Crippen LogP contribution < -0.4 is 4.90 Å². The number of anilines is 1. The second-order valence-corrected chi connectivity index (χ2v) is 9.30. The van der Waals surface area contributed by atoms with Gasteiger partial charge in [-0.2, -0.15) is 0 Å². The van der Waals surface area contributed by atoms with Crippen LogP contribution in [0.3, 0.4) is 0 Å². The number of aryl methyl sites for hydroxylation is 1. The number of hydrogen-bond acceptors (Lipinski definition) is 5. The number of carbonyl (C=O) groups excluding carboxylic acids is 1. The number of nitrogens with zero attached hydrogens (tertiary/aromatic N) is 5. The molecule has 164 valence electrons. The van der Waals surface area contributed by atoms with Gasteiger partial charge in [0.1, 0.15) is 5.82 Å². The molecule has 1 aliphatic carbocycles. The van der Waals surface area contributed by atoms with E-state index in [1.807, 2.05) is 18.3 Å². The predicted molar refractivity (Wildman–Crippen MR) is 121 cm³/mol. The summed E-state index contributed by atoms with van der Waals surface area (Å²) in [5.74, 6) is 2.51. The molecule has 0 bridgehead atoms. The molecule has 5 rings (SSSR count). The maximum Gasteiger partial charge on any atom is 0.226 e. The van der Waals surface area contributed by atoms with Gasteiger partial charge in [0, 0.05) is 55.1 Å². The van der Waals surface area contributed by atoms with E-state index >= 15 is 0 Å². The number of amides is 1. The predicted octanol–water partition coefficient (Wildman–Crippen LogP) is 4.03. The van der Waals surface area contributed by atoms with E-state index in [4.69, 9.17) is 9.97 Å². The average molecular weight is 420 g/mol. The summed E-state index contributed by atoms with van der Waals surface area (Å²) >= 11 is 0. The van der Waals surface area contributed by atoms with E-state index in [-0.39, 0.29) is 12.0 Å². The fraction of sp³-hybridized carbons (Fsp3) is 0.600. The molecule has 0 radical (unpaired) electrons. The van der Waals surface area contributed by atoms with E-state index in [2.05, 4.69) is 27.8 Å². The van der Waals surface area contributed by atoms with Gasteiger partial charge >= 0.3 is 0 Å². The molecule has 2 aromatic heterocycles. The van der Waals surface area contributed by atoms with E-state index in [9.17, 15) is 4.79 Å². The minimum absolute atomic E-state index is 0.0328. The molecule has 6 heteroatoms. The lowest BCUT2D eigenvalue weighted by atomic mass is 9.83. The van der Waals surface area contributed by atoms with Crippen LogP contribution in [0.25, 0.3) is 0 Å². The molecular weight excluding hydrogens is 386 g/mol. The second kappa shape index (κ2) is 8.93. The van der Waals surface area contributed by atoms with Gasteiger partial charge < -0.3 is 9.80 Å². The van der Waals surface area contributed by atoms with Crippen LogP contribution in [-0.4, -0.2) is 45.4 Å². The van der Waals surface area contributed by atoms with E-state index < -0.39 is 0 Å². The van der Waals surface area contributed by atoms with Gasteiger partial charge in [0.25, 0.3) is 0 Å². The lowest BCUT2D eigenvalue weighted by molar-refractivity contribution is -0.142. The van der Waals surface area contributed by atoms with Crippen molar-refractivity contribution < 1.29 is 4.79 Å². The molecular formula is C25H33N5O. The van der Waals surface area contributed by atoms with Crippen LogP contribution in [0.1, 0.15) is 73.8 Å². The Bertz CT molecular complexity index is 927. The minimum atomic E-state index is 0.0328. The van der Waals surface area contributed by atoms with Gasteiger partial charge in [0.05, 0.1) is 6.04 Å². The lowest BCUT2D eigenvalue weighted by Crippen LogP contribution is -2.44. The molecule has 0 N–H and O–H groups in total. The largest absolute Gasteiger partial charge is 0.356 e. The molecule has 2 aromatic rings. The first-order valence-corrected chi connectivity index (χ1v) is 12.0. The molecule has 0 aromatic carbocycles. The highest BCUT2D eigenvalue weighted by atomic mass is 16.2. The van der Waals surface area contributed by atoms with Crippen molar-refractivity contribution >= 4 is 11.7 Å². The first kappa shape index (κ1) is 20.4. The lowest BCUT2D eigenvalue weighted by Gasteiger charge is -2.40. The smallest absolute Gasteiger partial charge is 0.226 e. The number of hydrogen-bond donors (Lipinski definition) is 0. The highest BCUT2D eigenvalue weighted by molar-refractivity contribution is 5.80. The van der Waals surface area contributed by atoms with Crippen molar-refractivity contribution in [3.05, 3.63) is 47.2 Å². The van der Waals surface area contributed by atoms with Crippen molar-refractivity contribution in [1.29, 1.82) is 0 Å². The van der Waals surface area contributed by atoms with Gasteiger partial charge in [-0.25, -0.2) is 9.97 Å². The van der Waals surface area contributed by atoms with Crippen molar-refractivity contribution in [2.75, 3.05) is 24.5 Å². The molecule has 1 atom stereocenters. The quantitative estimate of drug-likeness (QED) is 0.732. The average Bonchev–Trinajstić information content (AvgIpc) is 2.77. The van der Waals surface area contributed by atoms with E-state index in [1.165, 1.54) is 12.0 Å². The fourth-order valence-corrected chi connectivity index (χ4v) is 5.22. The van der Waals surface area contributed by atoms with Gasteiger partial charge in [0.2, 0.25) is 5.91 Å². The van der Waals surface area contributed by atoms with Crippen LogP contribution in [0.5, 0.6) is 0 Å². The van der Waals surface area contributed by atoms with Crippen LogP contribution in [-0.2, 0) is 17.6 Å². The van der Waals surface area contributed by atoms with E-state index in [1.54, 1.807) is 0 Å². The Morgan fingerprint density at radius 2 is 1.97 bits per heavy atom. The van der Waals surface area contributed by atoms with Gasteiger partial charge in [-0.1, -0.05) is 12.5 Å². The van der Waals surface area contributed by atoms with Crippen LogP contribution >= 0.6 is 0 Å². The maximum absolute atomic E-state index is 13.1. The standard InChI is InChI=1S/C25H33N5O/c1-18-21-11-7-15-29(17-13-20-10-2-4-14-26-20)24(21)28-23(27-18)22-12-3-5-16-30(22)25(31)19-8-6-9-19/h2,4,10,14,19,22H,3,5-9,11-13,15-17H2,1H3/t22-/m0/s1. The number of likely N-dealkylation sites (tertiary alicyclic amines) is 1. The fourth-order valence-electron chi connectivity index (χ4n) is 5.22. The molecule has 2 aliphatic heterocycles. The molecule has 1 saturated carbocycles. The van der Waals surface area contributed by atoms with Crippen molar-refractivity contribution in [3.63, 3.8) is 0 Å². The first-order valence-electron chi connectivity index (χ1n) is 12.0. The van der Waals surface area contributed by atoms with Crippen molar-refractivity contribution in [2.24, 2.45) is 5.92 Å². The van der Waals surface area contributed by atoms with Gasteiger partial charge in [-0.15, -0.1) is 0 Å². The maximum atomic E-state index is 13.1. The summed E-state index contributed by atoms with van der Waals surface area (Å²) < 4.78 is 0. The zero-order chi connectivity index (χ0) is 21.2. The molecule has 6 nitrogen and oxygen atoms in total. The Balaban J connectivity index is 1.41. The third-order valence-corrected chi connectivity index (χ3v) is 7.27. The van der Waals surface area contributed by atoms with Crippen molar-refractivity contribution in [3.8, 4) is 0 Å². The number of carbonyl (C=O) groups is 1. The first-order chi connectivity index (χ1) is 15.2. The number of fused-ring (bicyclic) bond motifs is 1. The van der Waals surface area contributed by atoms with Gasteiger partial charge in [-0.05, 0) is 64.0 Å². The number of aromatic nitrogens is 3.